The van der Waals surface area contributed by atoms with Crippen molar-refractivity contribution in [1.29, 1.82) is 0 Å². The van der Waals surface area contributed by atoms with E-state index in [1.807, 2.05) is 48.5 Å². The zero-order valence-electron chi connectivity index (χ0n) is 15.4. The maximum atomic E-state index is 12.2. The Labute approximate surface area is 171 Å². The standard InChI is InChI=1S/C20H20ClN5OS/c1-2-25-18(14-8-10-15(21)11-9-14)23-24-20(25)28-13-5-12-26-17-7-4-3-6-16(17)22-19(26)27/h3-4,6-11H,2,5,12-13H2,1H3,(H,22,27). The first-order valence-electron chi connectivity index (χ1n) is 9.17. The normalized spacial score (nSPS) is 11.4. The van der Waals surface area contributed by atoms with E-state index in [2.05, 4.69) is 26.7 Å². The number of rotatable bonds is 7. The Bertz CT molecular complexity index is 1150. The summed E-state index contributed by atoms with van der Waals surface area (Å²) in [7, 11) is 0. The quantitative estimate of drug-likeness (QED) is 0.359. The fourth-order valence-electron chi connectivity index (χ4n) is 3.21. The van der Waals surface area contributed by atoms with Gasteiger partial charge in [-0.05, 0) is 49.7 Å². The lowest BCUT2D eigenvalue weighted by Gasteiger charge is -2.08. The number of hydrogen-bond acceptors (Lipinski definition) is 4. The van der Waals surface area contributed by atoms with Crippen molar-refractivity contribution in [3.8, 4) is 11.4 Å². The number of benzene rings is 2. The van der Waals surface area contributed by atoms with E-state index in [4.69, 9.17) is 11.6 Å². The molecule has 28 heavy (non-hydrogen) atoms. The van der Waals surface area contributed by atoms with E-state index < -0.39 is 0 Å². The van der Waals surface area contributed by atoms with E-state index in [9.17, 15) is 4.79 Å². The third kappa shape index (κ3) is 3.72. The van der Waals surface area contributed by atoms with Crippen LogP contribution in [0.15, 0.2) is 58.5 Å². The molecule has 0 saturated carbocycles. The first kappa shape index (κ1) is 18.8. The number of nitrogens with zero attached hydrogens (tertiary/aromatic N) is 4. The van der Waals surface area contributed by atoms with E-state index >= 15 is 0 Å². The molecule has 0 aliphatic carbocycles. The van der Waals surface area contributed by atoms with Crippen LogP contribution in [0.3, 0.4) is 0 Å². The molecule has 0 fully saturated rings. The van der Waals surface area contributed by atoms with Gasteiger partial charge in [-0.3, -0.25) is 4.57 Å². The summed E-state index contributed by atoms with van der Waals surface area (Å²) in [5.74, 6) is 1.69. The molecule has 6 nitrogen and oxygen atoms in total. The van der Waals surface area contributed by atoms with Gasteiger partial charge in [-0.2, -0.15) is 0 Å². The van der Waals surface area contributed by atoms with Gasteiger partial charge in [0.25, 0.3) is 0 Å². The molecular weight excluding hydrogens is 394 g/mol. The largest absolute Gasteiger partial charge is 0.326 e. The molecule has 0 amide bonds. The van der Waals surface area contributed by atoms with Crippen LogP contribution in [-0.2, 0) is 13.1 Å². The highest BCUT2D eigenvalue weighted by Gasteiger charge is 2.13. The van der Waals surface area contributed by atoms with E-state index in [1.165, 1.54) is 0 Å². The SMILES string of the molecule is CCn1c(SCCCn2c(=O)[nH]c3ccccc32)nnc1-c1ccc(Cl)cc1. The number of aromatic nitrogens is 5. The van der Waals surface area contributed by atoms with Crippen molar-refractivity contribution in [3.63, 3.8) is 0 Å². The van der Waals surface area contributed by atoms with Crippen molar-refractivity contribution in [3.05, 3.63) is 64.0 Å². The fraction of sp³-hybridized carbons (Fsp3) is 0.250. The highest BCUT2D eigenvalue weighted by Crippen LogP contribution is 2.25. The third-order valence-electron chi connectivity index (χ3n) is 4.57. The Hall–Kier alpha value is -2.51. The molecule has 4 rings (SSSR count). The summed E-state index contributed by atoms with van der Waals surface area (Å²) in [6.07, 6.45) is 0.860. The van der Waals surface area contributed by atoms with Crippen molar-refractivity contribution in [1.82, 2.24) is 24.3 Å². The van der Waals surface area contributed by atoms with Gasteiger partial charge in [0.1, 0.15) is 0 Å². The van der Waals surface area contributed by atoms with Gasteiger partial charge in [-0.15, -0.1) is 10.2 Å². The molecule has 0 bridgehead atoms. The lowest BCUT2D eigenvalue weighted by Crippen LogP contribution is -2.17. The van der Waals surface area contributed by atoms with Gasteiger partial charge < -0.3 is 9.55 Å². The summed E-state index contributed by atoms with van der Waals surface area (Å²) in [6.45, 7) is 3.54. The molecule has 0 aliphatic heterocycles. The van der Waals surface area contributed by atoms with Crippen molar-refractivity contribution >= 4 is 34.4 Å². The monoisotopic (exact) mass is 413 g/mol. The molecule has 0 saturated heterocycles. The number of aryl methyl sites for hydroxylation is 1. The number of thioether (sulfide) groups is 1. The highest BCUT2D eigenvalue weighted by atomic mass is 35.5. The predicted octanol–water partition coefficient (Wildman–Crippen LogP) is 4.44. The molecule has 1 N–H and O–H groups in total. The Balaban J connectivity index is 1.43. The molecule has 2 heterocycles. The molecule has 0 unspecified atom stereocenters. The molecule has 144 valence electrons. The van der Waals surface area contributed by atoms with E-state index in [-0.39, 0.29) is 5.69 Å². The topological polar surface area (TPSA) is 68.5 Å². The van der Waals surface area contributed by atoms with E-state index in [1.54, 1.807) is 16.3 Å². The zero-order chi connectivity index (χ0) is 19.5. The molecule has 0 radical (unpaired) electrons. The van der Waals surface area contributed by atoms with Crippen molar-refractivity contribution in [2.45, 2.75) is 31.6 Å². The second-order valence-corrected chi connectivity index (χ2v) is 7.86. The Morgan fingerprint density at radius 2 is 1.86 bits per heavy atom. The van der Waals surface area contributed by atoms with Crippen LogP contribution in [0.25, 0.3) is 22.4 Å². The minimum Gasteiger partial charge on any atom is -0.306 e. The second kappa shape index (κ2) is 8.24. The van der Waals surface area contributed by atoms with Crippen LogP contribution < -0.4 is 5.69 Å². The molecule has 0 atom stereocenters. The second-order valence-electron chi connectivity index (χ2n) is 6.36. The van der Waals surface area contributed by atoms with Crippen LogP contribution in [0, 0.1) is 0 Å². The number of nitrogens with one attached hydrogen (secondary N) is 1. The number of hydrogen-bond donors (Lipinski definition) is 1. The lowest BCUT2D eigenvalue weighted by molar-refractivity contribution is 0.671. The molecule has 2 aromatic heterocycles. The van der Waals surface area contributed by atoms with E-state index in [0.717, 1.165) is 46.3 Å². The number of fused-ring (bicyclic) bond motifs is 1. The van der Waals surface area contributed by atoms with Crippen LogP contribution in [-0.4, -0.2) is 30.1 Å². The summed E-state index contributed by atoms with van der Waals surface area (Å²) in [6, 6.07) is 15.4. The minimum absolute atomic E-state index is 0.0621. The van der Waals surface area contributed by atoms with Crippen LogP contribution >= 0.6 is 23.4 Å². The van der Waals surface area contributed by atoms with Crippen LogP contribution in [0.2, 0.25) is 5.02 Å². The van der Waals surface area contributed by atoms with Crippen LogP contribution in [0.5, 0.6) is 0 Å². The third-order valence-corrected chi connectivity index (χ3v) is 5.88. The van der Waals surface area contributed by atoms with Gasteiger partial charge in [0.05, 0.1) is 11.0 Å². The summed E-state index contributed by atoms with van der Waals surface area (Å²) in [5.41, 5.74) is 2.75. The van der Waals surface area contributed by atoms with E-state index in [0.29, 0.717) is 11.6 Å². The zero-order valence-corrected chi connectivity index (χ0v) is 17.0. The number of aromatic amines is 1. The Morgan fingerprint density at radius 1 is 1.07 bits per heavy atom. The Kier molecular flexibility index (Phi) is 5.54. The van der Waals surface area contributed by atoms with Gasteiger partial charge in [-0.25, -0.2) is 4.79 Å². The van der Waals surface area contributed by atoms with Gasteiger partial charge in [-0.1, -0.05) is 35.5 Å². The van der Waals surface area contributed by atoms with Crippen molar-refractivity contribution in [2.75, 3.05) is 5.75 Å². The Morgan fingerprint density at radius 3 is 2.64 bits per heavy atom. The summed E-state index contributed by atoms with van der Waals surface area (Å²) < 4.78 is 3.89. The van der Waals surface area contributed by atoms with Gasteiger partial charge in [0.15, 0.2) is 11.0 Å². The first-order valence-corrected chi connectivity index (χ1v) is 10.5. The maximum absolute atomic E-state index is 12.2. The minimum atomic E-state index is -0.0621. The van der Waals surface area contributed by atoms with Gasteiger partial charge in [0, 0.05) is 29.4 Å². The summed E-state index contributed by atoms with van der Waals surface area (Å²) in [5, 5.41) is 10.3. The average molecular weight is 414 g/mol. The first-order chi connectivity index (χ1) is 13.7. The van der Waals surface area contributed by atoms with Crippen molar-refractivity contribution < 1.29 is 0 Å². The molecule has 4 aromatic rings. The summed E-state index contributed by atoms with van der Waals surface area (Å²) in [4.78, 5) is 15.0. The maximum Gasteiger partial charge on any atom is 0.326 e. The van der Waals surface area contributed by atoms with Crippen LogP contribution in [0.4, 0.5) is 0 Å². The number of halogens is 1. The number of para-hydroxylation sites is 2. The highest BCUT2D eigenvalue weighted by molar-refractivity contribution is 7.99. The molecular formula is C20H20ClN5OS. The molecule has 0 aliphatic rings. The molecule has 8 heteroatoms. The fourth-order valence-corrected chi connectivity index (χ4v) is 4.26. The summed E-state index contributed by atoms with van der Waals surface area (Å²) >= 11 is 7.64. The lowest BCUT2D eigenvalue weighted by atomic mass is 10.2. The van der Waals surface area contributed by atoms with Gasteiger partial charge in [0.2, 0.25) is 0 Å². The van der Waals surface area contributed by atoms with Gasteiger partial charge >= 0.3 is 5.69 Å². The molecule has 0 spiro atoms. The number of H-pyrrole nitrogens is 1. The molecule has 2 aromatic carbocycles. The van der Waals surface area contributed by atoms with Crippen molar-refractivity contribution in [2.24, 2.45) is 0 Å². The number of imidazole rings is 1. The smallest absolute Gasteiger partial charge is 0.306 e. The average Bonchev–Trinajstić information content (AvgIpc) is 3.26. The van der Waals surface area contributed by atoms with Crippen LogP contribution in [0.1, 0.15) is 13.3 Å². The predicted molar refractivity (Wildman–Crippen MR) is 114 cm³/mol.